The van der Waals surface area contributed by atoms with E-state index >= 15 is 0 Å². The lowest BCUT2D eigenvalue weighted by Crippen LogP contribution is -2.60. The van der Waals surface area contributed by atoms with Crippen LogP contribution in [0.5, 0.6) is 5.75 Å². The SMILES string of the molecule is COc1cccc(CNC(=O)CCN2C(=S)NC(C)(C)C[C@H]2C)c1. The first-order valence-corrected chi connectivity index (χ1v) is 8.70. The molecule has 0 bridgehead atoms. The predicted molar refractivity (Wildman–Crippen MR) is 100 cm³/mol. The zero-order chi connectivity index (χ0) is 17.7. The molecule has 0 aliphatic carbocycles. The fourth-order valence-electron chi connectivity index (χ4n) is 3.08. The smallest absolute Gasteiger partial charge is 0.222 e. The van der Waals surface area contributed by atoms with Gasteiger partial charge in [0.05, 0.1) is 7.11 Å². The molecule has 6 heteroatoms. The summed E-state index contributed by atoms with van der Waals surface area (Å²) in [4.78, 5) is 14.2. The quantitative estimate of drug-likeness (QED) is 0.773. The number of carbonyl (C=O) groups is 1. The summed E-state index contributed by atoms with van der Waals surface area (Å²) < 4.78 is 5.19. The van der Waals surface area contributed by atoms with Crippen LogP contribution in [0, 0.1) is 0 Å². The van der Waals surface area contributed by atoms with E-state index in [1.165, 1.54) is 0 Å². The second-order valence-electron chi connectivity index (χ2n) is 6.94. The number of rotatable bonds is 6. The van der Waals surface area contributed by atoms with Crippen LogP contribution in [0.4, 0.5) is 0 Å². The molecular formula is C18H27N3O2S. The van der Waals surface area contributed by atoms with Crippen molar-refractivity contribution in [1.82, 2.24) is 15.5 Å². The topological polar surface area (TPSA) is 53.6 Å². The van der Waals surface area contributed by atoms with Gasteiger partial charge in [-0.05, 0) is 57.1 Å². The molecule has 1 heterocycles. The predicted octanol–water partition coefficient (Wildman–Crippen LogP) is 2.45. The molecule has 132 valence electrons. The molecule has 1 saturated heterocycles. The van der Waals surface area contributed by atoms with Crippen molar-refractivity contribution in [2.45, 2.75) is 51.7 Å². The summed E-state index contributed by atoms with van der Waals surface area (Å²) in [6.07, 6.45) is 1.43. The van der Waals surface area contributed by atoms with Crippen LogP contribution >= 0.6 is 12.2 Å². The van der Waals surface area contributed by atoms with E-state index in [0.29, 0.717) is 25.6 Å². The van der Waals surface area contributed by atoms with Crippen molar-refractivity contribution in [2.75, 3.05) is 13.7 Å². The maximum atomic E-state index is 12.1. The molecule has 24 heavy (non-hydrogen) atoms. The third-order valence-electron chi connectivity index (χ3n) is 4.25. The largest absolute Gasteiger partial charge is 0.497 e. The summed E-state index contributed by atoms with van der Waals surface area (Å²) in [5.74, 6) is 0.820. The number of hydrogen-bond acceptors (Lipinski definition) is 3. The third-order valence-corrected chi connectivity index (χ3v) is 4.58. The van der Waals surface area contributed by atoms with Gasteiger partial charge in [0.2, 0.25) is 5.91 Å². The van der Waals surface area contributed by atoms with E-state index in [1.807, 2.05) is 24.3 Å². The van der Waals surface area contributed by atoms with Crippen LogP contribution in [0.15, 0.2) is 24.3 Å². The third kappa shape index (κ3) is 5.09. The summed E-state index contributed by atoms with van der Waals surface area (Å²) in [5.41, 5.74) is 1.04. The monoisotopic (exact) mass is 349 g/mol. The van der Waals surface area contributed by atoms with Crippen LogP contribution < -0.4 is 15.4 Å². The van der Waals surface area contributed by atoms with Crippen LogP contribution in [0.25, 0.3) is 0 Å². The molecule has 1 atom stereocenters. The number of amides is 1. The standard InChI is InChI=1S/C18H27N3O2S/c1-13-11-18(2,3)20-17(24)21(13)9-8-16(22)19-12-14-6-5-7-15(10-14)23-4/h5-7,10,13H,8-9,11-12H2,1-4H3,(H,19,22)(H,20,24)/t13-/m1/s1. The maximum absolute atomic E-state index is 12.1. The fourth-order valence-corrected chi connectivity index (χ4v) is 3.62. The molecule has 0 radical (unpaired) electrons. The average molecular weight is 350 g/mol. The van der Waals surface area contributed by atoms with Gasteiger partial charge in [0.25, 0.3) is 0 Å². The van der Waals surface area contributed by atoms with E-state index in [2.05, 4.69) is 36.3 Å². The molecule has 0 aromatic heterocycles. The molecule has 0 spiro atoms. The van der Waals surface area contributed by atoms with Gasteiger partial charge >= 0.3 is 0 Å². The molecule has 1 aromatic carbocycles. The summed E-state index contributed by atoms with van der Waals surface area (Å²) in [5, 5.41) is 7.03. The van der Waals surface area contributed by atoms with Gasteiger partial charge in [-0.25, -0.2) is 0 Å². The normalized spacial score (nSPS) is 19.6. The Labute approximate surface area is 149 Å². The highest BCUT2D eigenvalue weighted by Gasteiger charge is 2.32. The van der Waals surface area contributed by atoms with Crippen LogP contribution in [-0.4, -0.2) is 41.2 Å². The Bertz CT molecular complexity index is 604. The lowest BCUT2D eigenvalue weighted by Gasteiger charge is -2.44. The Balaban J connectivity index is 1.79. The van der Waals surface area contributed by atoms with Crippen molar-refractivity contribution < 1.29 is 9.53 Å². The zero-order valence-electron chi connectivity index (χ0n) is 14.9. The minimum atomic E-state index is 0.0155. The van der Waals surface area contributed by atoms with E-state index in [1.54, 1.807) is 7.11 Å². The van der Waals surface area contributed by atoms with Gasteiger partial charge in [0.15, 0.2) is 5.11 Å². The average Bonchev–Trinajstić information content (AvgIpc) is 2.51. The molecule has 1 aliphatic heterocycles. The van der Waals surface area contributed by atoms with Gasteiger partial charge in [0, 0.05) is 31.1 Å². The Kier molecular flexibility index (Phi) is 6.04. The number of nitrogens with one attached hydrogen (secondary N) is 2. The van der Waals surface area contributed by atoms with Crippen molar-refractivity contribution in [1.29, 1.82) is 0 Å². The van der Waals surface area contributed by atoms with E-state index in [4.69, 9.17) is 17.0 Å². The Morgan fingerprint density at radius 3 is 2.92 bits per heavy atom. The first-order chi connectivity index (χ1) is 11.3. The molecule has 2 rings (SSSR count). The van der Waals surface area contributed by atoms with Gasteiger partial charge in [-0.3, -0.25) is 4.79 Å². The molecule has 1 aliphatic rings. The van der Waals surface area contributed by atoms with E-state index in [-0.39, 0.29) is 11.4 Å². The number of carbonyl (C=O) groups excluding carboxylic acids is 1. The summed E-state index contributed by atoms with van der Waals surface area (Å²) in [6, 6.07) is 8.03. The highest BCUT2D eigenvalue weighted by atomic mass is 32.1. The summed E-state index contributed by atoms with van der Waals surface area (Å²) in [7, 11) is 1.63. The highest BCUT2D eigenvalue weighted by Crippen LogP contribution is 2.22. The molecule has 0 unspecified atom stereocenters. The number of benzene rings is 1. The van der Waals surface area contributed by atoms with Crippen LogP contribution in [-0.2, 0) is 11.3 Å². The molecule has 2 N–H and O–H groups in total. The molecule has 1 aromatic rings. The Hall–Kier alpha value is -1.82. The first-order valence-electron chi connectivity index (χ1n) is 8.29. The number of nitrogens with zero attached hydrogens (tertiary/aromatic N) is 1. The van der Waals surface area contributed by atoms with Gasteiger partial charge in [-0.1, -0.05) is 12.1 Å². The van der Waals surface area contributed by atoms with Crippen molar-refractivity contribution in [3.05, 3.63) is 29.8 Å². The molecule has 5 nitrogen and oxygen atoms in total. The van der Waals surface area contributed by atoms with Gasteiger partial charge in [-0.2, -0.15) is 0 Å². The van der Waals surface area contributed by atoms with E-state index in [9.17, 15) is 4.79 Å². The lowest BCUT2D eigenvalue weighted by atomic mass is 9.93. The lowest BCUT2D eigenvalue weighted by molar-refractivity contribution is -0.121. The summed E-state index contributed by atoms with van der Waals surface area (Å²) >= 11 is 5.44. The van der Waals surface area contributed by atoms with Crippen LogP contribution in [0.1, 0.15) is 39.2 Å². The van der Waals surface area contributed by atoms with Crippen molar-refractivity contribution in [2.24, 2.45) is 0 Å². The van der Waals surface area contributed by atoms with Gasteiger partial charge in [0.1, 0.15) is 5.75 Å². The number of thiocarbonyl (C=S) groups is 1. The molecule has 1 amide bonds. The number of methoxy groups -OCH3 is 1. The number of ether oxygens (including phenoxy) is 1. The van der Waals surface area contributed by atoms with Crippen molar-refractivity contribution >= 4 is 23.2 Å². The van der Waals surface area contributed by atoms with Gasteiger partial charge < -0.3 is 20.3 Å². The first kappa shape index (κ1) is 18.5. The summed E-state index contributed by atoms with van der Waals surface area (Å²) in [6.45, 7) is 7.58. The van der Waals surface area contributed by atoms with Crippen LogP contribution in [0.3, 0.4) is 0 Å². The molecule has 1 fully saturated rings. The highest BCUT2D eigenvalue weighted by molar-refractivity contribution is 7.80. The minimum Gasteiger partial charge on any atom is -0.497 e. The second-order valence-corrected chi connectivity index (χ2v) is 7.33. The van der Waals surface area contributed by atoms with Crippen molar-refractivity contribution in [3.8, 4) is 5.75 Å². The van der Waals surface area contributed by atoms with E-state index in [0.717, 1.165) is 22.8 Å². The zero-order valence-corrected chi connectivity index (χ0v) is 15.7. The minimum absolute atomic E-state index is 0.0155. The molecule has 0 saturated carbocycles. The molecular weight excluding hydrogens is 322 g/mol. The van der Waals surface area contributed by atoms with Crippen LogP contribution in [0.2, 0.25) is 0 Å². The Morgan fingerprint density at radius 2 is 2.25 bits per heavy atom. The second kappa shape index (κ2) is 7.83. The Morgan fingerprint density at radius 1 is 1.50 bits per heavy atom. The van der Waals surface area contributed by atoms with E-state index < -0.39 is 0 Å². The fraction of sp³-hybridized carbons (Fsp3) is 0.556. The number of hydrogen-bond donors (Lipinski definition) is 2. The maximum Gasteiger partial charge on any atom is 0.222 e. The van der Waals surface area contributed by atoms with Gasteiger partial charge in [-0.15, -0.1) is 0 Å². The van der Waals surface area contributed by atoms with Crippen molar-refractivity contribution in [3.63, 3.8) is 0 Å².